The molecule has 0 aliphatic heterocycles. The summed E-state index contributed by atoms with van der Waals surface area (Å²) >= 11 is 0. The first-order valence-corrected chi connectivity index (χ1v) is 11.0. The molecule has 0 N–H and O–H groups in total. The maximum absolute atomic E-state index is 11.0. The summed E-state index contributed by atoms with van der Waals surface area (Å²) in [4.78, 5) is 10.7. The molecule has 160 valence electrons. The van der Waals surface area contributed by atoms with Gasteiger partial charge >= 0.3 is 0 Å². The Morgan fingerprint density at radius 3 is 1.59 bits per heavy atom. The van der Waals surface area contributed by atoms with Gasteiger partial charge in [-0.2, -0.15) is 0 Å². The second-order valence-corrected chi connectivity index (χ2v) is 8.67. The van der Waals surface area contributed by atoms with Crippen molar-refractivity contribution in [3.05, 3.63) is 74.8 Å². The van der Waals surface area contributed by atoms with E-state index in [-0.39, 0.29) is 16.5 Å². The number of hydrogen-bond donors (Lipinski definition) is 0. The van der Waals surface area contributed by atoms with Gasteiger partial charge in [-0.15, -0.1) is 0 Å². The van der Waals surface area contributed by atoms with Gasteiger partial charge in [-0.3, -0.25) is 10.1 Å². The summed E-state index contributed by atoms with van der Waals surface area (Å²) in [5.41, 5.74) is 5.03. The summed E-state index contributed by atoms with van der Waals surface area (Å²) < 4.78 is 0. The molecule has 2 unspecified atom stereocenters. The number of nitro benzene ring substituents is 1. The fourth-order valence-corrected chi connectivity index (χ4v) is 3.19. The number of nitrogens with zero attached hydrogens (tertiary/aromatic N) is 1. The molecule has 0 aromatic heterocycles. The van der Waals surface area contributed by atoms with Crippen molar-refractivity contribution in [3.8, 4) is 0 Å². The first-order valence-electron chi connectivity index (χ1n) is 11.0. The van der Waals surface area contributed by atoms with Gasteiger partial charge in [0.2, 0.25) is 0 Å². The molecular weight excluding hydrogens is 358 g/mol. The molecule has 0 saturated heterocycles. The summed E-state index contributed by atoms with van der Waals surface area (Å²) in [5, 5.41) is 11.0. The molecule has 2 atom stereocenters. The second kappa shape index (κ2) is 11.7. The van der Waals surface area contributed by atoms with Crippen LogP contribution in [0.2, 0.25) is 0 Å². The predicted molar refractivity (Wildman–Crippen MR) is 125 cm³/mol. The zero-order valence-corrected chi connectivity index (χ0v) is 19.5. The fourth-order valence-electron chi connectivity index (χ4n) is 3.19. The normalized spacial score (nSPS) is 13.0. The third kappa shape index (κ3) is 7.30. The lowest BCUT2D eigenvalue weighted by molar-refractivity contribution is -0.385. The van der Waals surface area contributed by atoms with Gasteiger partial charge in [0, 0.05) is 11.6 Å². The Balaban J connectivity index is 0.000000296. The minimum absolute atomic E-state index is 0.186. The summed E-state index contributed by atoms with van der Waals surface area (Å²) in [6.45, 7) is 17.1. The predicted octanol–water partition coefficient (Wildman–Crippen LogP) is 8.56. The number of benzene rings is 2. The topological polar surface area (TPSA) is 43.1 Å². The maximum Gasteiger partial charge on any atom is 0.273 e. The van der Waals surface area contributed by atoms with Crippen LogP contribution in [0.15, 0.2) is 42.5 Å². The highest BCUT2D eigenvalue weighted by atomic mass is 16.6. The zero-order chi connectivity index (χ0) is 22.1. The van der Waals surface area contributed by atoms with Gasteiger partial charge in [0.15, 0.2) is 0 Å². The molecule has 29 heavy (non-hydrogen) atoms. The quantitative estimate of drug-likeness (QED) is 0.347. The van der Waals surface area contributed by atoms with Crippen molar-refractivity contribution in [2.45, 2.75) is 91.9 Å². The van der Waals surface area contributed by atoms with E-state index < -0.39 is 0 Å². The Kier molecular flexibility index (Phi) is 10.1. The van der Waals surface area contributed by atoms with Gasteiger partial charge in [0.1, 0.15) is 0 Å². The number of hydrogen-bond acceptors (Lipinski definition) is 2. The van der Waals surface area contributed by atoms with Gasteiger partial charge in [-0.25, -0.2) is 0 Å². The minimum atomic E-state index is -0.277. The average Bonchev–Trinajstić information content (AvgIpc) is 2.72. The average molecular weight is 398 g/mol. The smallest absolute Gasteiger partial charge is 0.258 e. The van der Waals surface area contributed by atoms with E-state index in [0.717, 1.165) is 17.5 Å². The summed E-state index contributed by atoms with van der Waals surface area (Å²) in [7, 11) is 0. The Labute approximate surface area is 177 Å². The molecule has 2 aromatic carbocycles. The highest BCUT2D eigenvalue weighted by molar-refractivity contribution is 5.45. The van der Waals surface area contributed by atoms with E-state index in [1.54, 1.807) is 6.07 Å². The molecule has 0 spiro atoms. The Bertz CT molecular complexity index is 763. The SMILES string of the molecule is CCC(C)c1ccc(C(C)C)c([N+](=O)[O-])c1.CCC(C)c1ccc(C(C)C)cc1. The zero-order valence-electron chi connectivity index (χ0n) is 19.5. The van der Waals surface area contributed by atoms with Crippen LogP contribution in [0.1, 0.15) is 114 Å². The van der Waals surface area contributed by atoms with Crippen LogP contribution < -0.4 is 0 Å². The molecule has 3 nitrogen and oxygen atoms in total. The third-order valence-corrected chi connectivity index (χ3v) is 5.84. The van der Waals surface area contributed by atoms with Crippen LogP contribution in [-0.2, 0) is 0 Å². The van der Waals surface area contributed by atoms with Gasteiger partial charge in [-0.05, 0) is 53.2 Å². The fraction of sp³-hybridized carbons (Fsp3) is 0.538. The van der Waals surface area contributed by atoms with Gasteiger partial charge < -0.3 is 0 Å². The van der Waals surface area contributed by atoms with Crippen LogP contribution in [0, 0.1) is 10.1 Å². The standard InChI is InChI=1S/C13H19NO2.C13H20/c1-5-10(4)11-6-7-12(9(2)3)13(8-11)14(15)16;1-5-11(4)13-8-6-12(7-9-13)10(2)3/h6-10H,5H2,1-4H3;6-11H,5H2,1-4H3. The van der Waals surface area contributed by atoms with Crippen molar-refractivity contribution in [3.63, 3.8) is 0 Å². The Hall–Kier alpha value is -2.16. The molecule has 2 rings (SSSR count). The van der Waals surface area contributed by atoms with E-state index in [9.17, 15) is 10.1 Å². The summed E-state index contributed by atoms with van der Waals surface area (Å²) in [6.07, 6.45) is 2.22. The largest absolute Gasteiger partial charge is 0.273 e. The molecule has 0 bridgehead atoms. The van der Waals surface area contributed by atoms with E-state index in [1.165, 1.54) is 17.5 Å². The van der Waals surface area contributed by atoms with E-state index in [1.807, 2.05) is 26.0 Å². The van der Waals surface area contributed by atoms with Crippen molar-refractivity contribution in [1.82, 2.24) is 0 Å². The molecule has 0 radical (unpaired) electrons. The number of rotatable bonds is 7. The molecule has 3 heteroatoms. The molecule has 0 fully saturated rings. The Morgan fingerprint density at radius 2 is 1.17 bits per heavy atom. The first-order chi connectivity index (χ1) is 13.6. The molecule has 2 aromatic rings. The van der Waals surface area contributed by atoms with E-state index >= 15 is 0 Å². The van der Waals surface area contributed by atoms with Crippen molar-refractivity contribution < 1.29 is 4.92 Å². The van der Waals surface area contributed by atoms with Crippen molar-refractivity contribution >= 4 is 5.69 Å². The maximum atomic E-state index is 11.0. The van der Waals surface area contributed by atoms with Gasteiger partial charge in [0.05, 0.1) is 4.92 Å². The van der Waals surface area contributed by atoms with Gasteiger partial charge in [0.25, 0.3) is 5.69 Å². The molecule has 0 aliphatic carbocycles. The minimum Gasteiger partial charge on any atom is -0.258 e. The lowest BCUT2D eigenvalue weighted by atomic mass is 9.93. The molecule has 0 amide bonds. The van der Waals surface area contributed by atoms with E-state index in [4.69, 9.17) is 0 Å². The Morgan fingerprint density at radius 1 is 0.724 bits per heavy atom. The highest BCUT2D eigenvalue weighted by Crippen LogP contribution is 2.30. The van der Waals surface area contributed by atoms with Crippen LogP contribution in [0.5, 0.6) is 0 Å². The lowest BCUT2D eigenvalue weighted by Gasteiger charge is -2.12. The van der Waals surface area contributed by atoms with Crippen LogP contribution in [0.25, 0.3) is 0 Å². The van der Waals surface area contributed by atoms with Crippen LogP contribution in [-0.4, -0.2) is 4.92 Å². The lowest BCUT2D eigenvalue weighted by Crippen LogP contribution is -2.00. The first kappa shape index (κ1) is 24.9. The molecule has 0 aliphatic rings. The van der Waals surface area contributed by atoms with E-state index in [2.05, 4.69) is 65.8 Å². The van der Waals surface area contributed by atoms with Crippen molar-refractivity contribution in [2.75, 3.05) is 0 Å². The molecule has 0 saturated carbocycles. The van der Waals surface area contributed by atoms with Crippen LogP contribution >= 0.6 is 0 Å². The van der Waals surface area contributed by atoms with Crippen molar-refractivity contribution in [1.29, 1.82) is 0 Å². The summed E-state index contributed by atoms with van der Waals surface area (Å²) in [5.74, 6) is 1.90. The van der Waals surface area contributed by atoms with Crippen LogP contribution in [0.3, 0.4) is 0 Å². The molecular formula is C26H39NO2. The van der Waals surface area contributed by atoms with Crippen molar-refractivity contribution in [2.24, 2.45) is 0 Å². The third-order valence-electron chi connectivity index (χ3n) is 5.84. The molecule has 0 heterocycles. The highest BCUT2D eigenvalue weighted by Gasteiger charge is 2.18. The second-order valence-electron chi connectivity index (χ2n) is 8.67. The van der Waals surface area contributed by atoms with Gasteiger partial charge in [-0.1, -0.05) is 91.8 Å². The van der Waals surface area contributed by atoms with E-state index in [0.29, 0.717) is 17.8 Å². The monoisotopic (exact) mass is 397 g/mol. The number of nitro groups is 1. The summed E-state index contributed by atoms with van der Waals surface area (Å²) in [6, 6.07) is 14.7. The van der Waals surface area contributed by atoms with Crippen LogP contribution in [0.4, 0.5) is 5.69 Å².